The van der Waals surface area contributed by atoms with E-state index in [1.54, 1.807) is 13.2 Å². The Kier molecular flexibility index (Phi) is 4.64. The molecule has 104 valence electrons. The van der Waals surface area contributed by atoms with Crippen LogP contribution in [0.15, 0.2) is 42.5 Å². The number of hydrogen-bond acceptors (Lipinski definition) is 2. The number of benzene rings is 2. The van der Waals surface area contributed by atoms with Crippen molar-refractivity contribution in [1.82, 2.24) is 0 Å². The Bertz CT molecular complexity index is 626. The van der Waals surface area contributed by atoms with E-state index in [4.69, 9.17) is 16.3 Å². The first-order chi connectivity index (χ1) is 9.61. The van der Waals surface area contributed by atoms with Crippen LogP contribution < -0.4 is 10.1 Å². The fourth-order valence-electron chi connectivity index (χ4n) is 1.96. The number of nitrogens with one attached hydrogen (secondary N) is 1. The van der Waals surface area contributed by atoms with Gasteiger partial charge in [-0.1, -0.05) is 35.9 Å². The highest BCUT2D eigenvalue weighted by Gasteiger charge is 2.10. The second kappa shape index (κ2) is 6.44. The number of carbonyl (C=O) groups is 1. The second-order valence-electron chi connectivity index (χ2n) is 4.45. The lowest BCUT2D eigenvalue weighted by Crippen LogP contribution is -2.15. The number of hydrogen-bond donors (Lipinski definition) is 1. The van der Waals surface area contributed by atoms with Crippen molar-refractivity contribution in [3.8, 4) is 5.75 Å². The number of carbonyl (C=O) groups excluding carboxylic acids is 1. The van der Waals surface area contributed by atoms with Gasteiger partial charge in [-0.3, -0.25) is 4.79 Å². The largest absolute Gasteiger partial charge is 0.496 e. The number of anilines is 1. The highest BCUT2D eigenvalue weighted by atomic mass is 35.5. The van der Waals surface area contributed by atoms with Gasteiger partial charge in [0.15, 0.2) is 0 Å². The zero-order chi connectivity index (χ0) is 14.5. The van der Waals surface area contributed by atoms with Crippen molar-refractivity contribution in [2.24, 2.45) is 0 Å². The van der Waals surface area contributed by atoms with E-state index in [1.165, 1.54) is 0 Å². The number of halogens is 1. The van der Waals surface area contributed by atoms with E-state index < -0.39 is 0 Å². The first-order valence-corrected chi connectivity index (χ1v) is 6.66. The summed E-state index contributed by atoms with van der Waals surface area (Å²) in [6, 6.07) is 12.9. The van der Waals surface area contributed by atoms with Crippen LogP contribution in [0.1, 0.15) is 11.1 Å². The summed E-state index contributed by atoms with van der Waals surface area (Å²) in [5.41, 5.74) is 2.45. The molecule has 0 aliphatic carbocycles. The van der Waals surface area contributed by atoms with Crippen LogP contribution in [-0.4, -0.2) is 13.0 Å². The molecule has 0 saturated carbocycles. The molecule has 0 aromatic heterocycles. The third-order valence-electron chi connectivity index (χ3n) is 3.09. The molecule has 0 radical (unpaired) electrons. The van der Waals surface area contributed by atoms with E-state index in [2.05, 4.69) is 5.32 Å². The van der Waals surface area contributed by atoms with Gasteiger partial charge in [0.05, 0.1) is 13.5 Å². The van der Waals surface area contributed by atoms with Crippen LogP contribution in [0.3, 0.4) is 0 Å². The maximum atomic E-state index is 12.1. The van der Waals surface area contributed by atoms with E-state index in [0.29, 0.717) is 10.8 Å². The first-order valence-electron chi connectivity index (χ1n) is 6.28. The van der Waals surface area contributed by atoms with E-state index in [1.807, 2.05) is 43.3 Å². The molecule has 0 fully saturated rings. The molecule has 2 aromatic rings. The van der Waals surface area contributed by atoms with Gasteiger partial charge in [-0.2, -0.15) is 0 Å². The van der Waals surface area contributed by atoms with E-state index in [9.17, 15) is 4.79 Å². The zero-order valence-electron chi connectivity index (χ0n) is 11.4. The summed E-state index contributed by atoms with van der Waals surface area (Å²) in [6.45, 7) is 1.88. The summed E-state index contributed by atoms with van der Waals surface area (Å²) in [6.07, 6.45) is 0.260. The maximum Gasteiger partial charge on any atom is 0.228 e. The fourth-order valence-corrected chi connectivity index (χ4v) is 2.13. The van der Waals surface area contributed by atoms with E-state index >= 15 is 0 Å². The van der Waals surface area contributed by atoms with Crippen molar-refractivity contribution in [1.29, 1.82) is 0 Å². The molecule has 0 unspecified atom stereocenters. The molecule has 3 nitrogen and oxygen atoms in total. The summed E-state index contributed by atoms with van der Waals surface area (Å²) in [4.78, 5) is 12.1. The van der Waals surface area contributed by atoms with Crippen LogP contribution in [0.2, 0.25) is 5.02 Å². The second-order valence-corrected chi connectivity index (χ2v) is 4.86. The minimum absolute atomic E-state index is 0.0973. The predicted molar refractivity (Wildman–Crippen MR) is 81.5 cm³/mol. The molecule has 1 amide bonds. The lowest BCUT2D eigenvalue weighted by atomic mass is 10.1. The van der Waals surface area contributed by atoms with Crippen LogP contribution in [-0.2, 0) is 11.2 Å². The van der Waals surface area contributed by atoms with E-state index in [0.717, 1.165) is 16.8 Å². The lowest BCUT2D eigenvalue weighted by molar-refractivity contribution is -0.115. The van der Waals surface area contributed by atoms with Crippen LogP contribution in [0.4, 0.5) is 5.69 Å². The molecule has 20 heavy (non-hydrogen) atoms. The first kappa shape index (κ1) is 14.4. The molecule has 2 aromatic carbocycles. The highest BCUT2D eigenvalue weighted by Crippen LogP contribution is 2.24. The standard InChI is InChI=1S/C16H16ClNO2/c1-11-13(17)7-5-8-14(11)18-16(19)10-12-6-3-4-9-15(12)20-2/h3-9H,10H2,1-2H3,(H,18,19). The average Bonchev–Trinajstić information content (AvgIpc) is 2.44. The SMILES string of the molecule is COc1ccccc1CC(=O)Nc1cccc(Cl)c1C. The normalized spacial score (nSPS) is 10.2. The molecular formula is C16H16ClNO2. The number of amides is 1. The van der Waals surface area contributed by atoms with Gasteiger partial charge in [0.2, 0.25) is 5.91 Å². The smallest absolute Gasteiger partial charge is 0.228 e. The Morgan fingerprint density at radius 3 is 2.70 bits per heavy atom. The highest BCUT2D eigenvalue weighted by molar-refractivity contribution is 6.31. The van der Waals surface area contributed by atoms with Gasteiger partial charge in [0, 0.05) is 16.3 Å². The van der Waals surface area contributed by atoms with Gasteiger partial charge < -0.3 is 10.1 Å². The number of methoxy groups -OCH3 is 1. The van der Waals surface area contributed by atoms with Crippen molar-refractivity contribution >= 4 is 23.2 Å². The molecule has 0 spiro atoms. The third kappa shape index (κ3) is 3.31. The molecule has 0 bridgehead atoms. The Morgan fingerprint density at radius 1 is 1.20 bits per heavy atom. The summed E-state index contributed by atoms with van der Waals surface area (Å²) >= 11 is 6.03. The molecule has 0 aliphatic heterocycles. The zero-order valence-corrected chi connectivity index (χ0v) is 12.2. The minimum atomic E-state index is -0.0973. The molecule has 4 heteroatoms. The summed E-state index contributed by atoms with van der Waals surface area (Å²) < 4.78 is 5.24. The molecule has 0 heterocycles. The topological polar surface area (TPSA) is 38.3 Å². The van der Waals surface area contributed by atoms with Crippen LogP contribution in [0.5, 0.6) is 5.75 Å². The van der Waals surface area contributed by atoms with Crippen molar-refractivity contribution in [3.63, 3.8) is 0 Å². The lowest BCUT2D eigenvalue weighted by Gasteiger charge is -2.11. The van der Waals surface area contributed by atoms with Crippen molar-refractivity contribution in [2.45, 2.75) is 13.3 Å². The summed E-state index contributed by atoms with van der Waals surface area (Å²) in [5.74, 6) is 0.616. The molecule has 0 aliphatic rings. The molecule has 1 N–H and O–H groups in total. The molecule has 0 atom stereocenters. The van der Waals surface area contributed by atoms with Gasteiger partial charge in [0.25, 0.3) is 0 Å². The number of rotatable bonds is 4. The van der Waals surface area contributed by atoms with Crippen LogP contribution in [0.25, 0.3) is 0 Å². The van der Waals surface area contributed by atoms with Gasteiger partial charge >= 0.3 is 0 Å². The van der Waals surface area contributed by atoms with Crippen molar-refractivity contribution < 1.29 is 9.53 Å². The Hall–Kier alpha value is -2.00. The predicted octanol–water partition coefficient (Wildman–Crippen LogP) is 3.84. The minimum Gasteiger partial charge on any atom is -0.496 e. The average molecular weight is 290 g/mol. The fraction of sp³-hybridized carbons (Fsp3) is 0.188. The van der Waals surface area contributed by atoms with Crippen molar-refractivity contribution in [2.75, 3.05) is 12.4 Å². The summed E-state index contributed by atoms with van der Waals surface area (Å²) in [7, 11) is 1.60. The third-order valence-corrected chi connectivity index (χ3v) is 3.49. The monoisotopic (exact) mass is 289 g/mol. The van der Waals surface area contributed by atoms with Crippen LogP contribution in [0, 0.1) is 6.92 Å². The van der Waals surface area contributed by atoms with Gasteiger partial charge in [0.1, 0.15) is 5.75 Å². The van der Waals surface area contributed by atoms with Gasteiger partial charge in [-0.25, -0.2) is 0 Å². The number of para-hydroxylation sites is 1. The van der Waals surface area contributed by atoms with Crippen LogP contribution >= 0.6 is 11.6 Å². The van der Waals surface area contributed by atoms with E-state index in [-0.39, 0.29) is 12.3 Å². The van der Waals surface area contributed by atoms with Gasteiger partial charge in [-0.15, -0.1) is 0 Å². The quantitative estimate of drug-likeness (QED) is 0.929. The Morgan fingerprint density at radius 2 is 1.95 bits per heavy atom. The van der Waals surface area contributed by atoms with Crippen molar-refractivity contribution in [3.05, 3.63) is 58.6 Å². The maximum absolute atomic E-state index is 12.1. The molecular weight excluding hydrogens is 274 g/mol. The number of ether oxygens (including phenoxy) is 1. The Labute approximate surface area is 123 Å². The molecule has 2 rings (SSSR count). The molecule has 0 saturated heterocycles. The summed E-state index contributed by atoms with van der Waals surface area (Å²) in [5, 5.41) is 3.51. The van der Waals surface area contributed by atoms with Gasteiger partial charge in [-0.05, 0) is 30.7 Å². The Balaban J connectivity index is 2.11.